The fourth-order valence-corrected chi connectivity index (χ4v) is 4.45. The molecule has 0 bridgehead atoms. The number of halogens is 4. The summed E-state index contributed by atoms with van der Waals surface area (Å²) < 4.78 is 62.1. The van der Waals surface area contributed by atoms with Gasteiger partial charge in [-0.2, -0.15) is 18.3 Å². The highest BCUT2D eigenvalue weighted by molar-refractivity contribution is 5.92. The Hall–Kier alpha value is -5.04. The number of alkyl halides is 3. The van der Waals surface area contributed by atoms with E-state index >= 15 is 4.39 Å². The zero-order chi connectivity index (χ0) is 30.0. The van der Waals surface area contributed by atoms with Gasteiger partial charge in [-0.05, 0) is 67.2 Å². The number of anilines is 2. The summed E-state index contributed by atoms with van der Waals surface area (Å²) in [5, 5.41) is 13.5. The topological polar surface area (TPSA) is 115 Å². The molecule has 42 heavy (non-hydrogen) atoms. The first-order chi connectivity index (χ1) is 20.0. The van der Waals surface area contributed by atoms with Crippen LogP contribution in [0.2, 0.25) is 0 Å². The fourth-order valence-electron chi connectivity index (χ4n) is 4.45. The van der Waals surface area contributed by atoms with E-state index in [1.165, 1.54) is 24.3 Å². The number of rotatable bonds is 8. The van der Waals surface area contributed by atoms with Gasteiger partial charge in [-0.15, -0.1) is 5.10 Å². The summed E-state index contributed by atoms with van der Waals surface area (Å²) in [6, 6.07) is 18.7. The number of aromatic nitrogens is 4. The predicted molar refractivity (Wildman–Crippen MR) is 148 cm³/mol. The Labute approximate surface area is 237 Å². The molecular formula is C29H25F4N7O2. The first-order valence-corrected chi connectivity index (χ1v) is 12.7. The summed E-state index contributed by atoms with van der Waals surface area (Å²) in [6.45, 7) is 0.649. The number of carbonyl (C=O) groups excluding carboxylic acids is 1. The van der Waals surface area contributed by atoms with Crippen LogP contribution in [0.3, 0.4) is 0 Å². The Balaban J connectivity index is 1.40. The molecule has 0 saturated heterocycles. The number of nitrogens with zero attached hydrogens (tertiary/aromatic N) is 5. The summed E-state index contributed by atoms with van der Waals surface area (Å²) in [5.74, 6) is -1.36. The highest BCUT2D eigenvalue weighted by atomic mass is 19.4. The van der Waals surface area contributed by atoms with Crippen molar-refractivity contribution in [2.24, 2.45) is 0 Å². The number of amides is 1. The van der Waals surface area contributed by atoms with Crippen LogP contribution in [0.25, 0.3) is 28.3 Å². The predicted octanol–water partition coefficient (Wildman–Crippen LogP) is 5.57. The van der Waals surface area contributed by atoms with Crippen molar-refractivity contribution in [1.29, 1.82) is 0 Å². The molecule has 2 heterocycles. The largest absolute Gasteiger partial charge is 0.435 e. The number of nitrogens with two attached hydrogens (primary N) is 1. The standard InChI is InChI=1S/C29H25F4N7O2/c1-39(2)16-19-6-3-4-9-22(19)17-10-11-24(23(30)13-17)35-26(41)15-21-14-25(29(31,32)33)38-40(21)20-8-5-7-18(12-20)27-36-37-28(34)42-27/h3-14H,15-16H2,1-2H3,(H2,34,37)(H,35,41). The number of nitrogens with one attached hydrogen (secondary N) is 1. The first kappa shape index (κ1) is 28.5. The van der Waals surface area contributed by atoms with Crippen LogP contribution in [-0.2, 0) is 23.9 Å². The number of carbonyl (C=O) groups is 1. The fraction of sp³-hybridized carbons (Fsp3) is 0.172. The van der Waals surface area contributed by atoms with Crippen LogP contribution in [0.4, 0.5) is 29.3 Å². The van der Waals surface area contributed by atoms with Gasteiger partial charge in [-0.25, -0.2) is 9.07 Å². The molecule has 0 fully saturated rings. The molecule has 0 aliphatic rings. The quantitative estimate of drug-likeness (QED) is 0.231. The van der Waals surface area contributed by atoms with E-state index in [2.05, 4.69) is 20.6 Å². The number of benzene rings is 3. The normalized spacial score (nSPS) is 11.7. The second-order valence-electron chi connectivity index (χ2n) is 9.74. The number of hydrogen-bond donors (Lipinski definition) is 2. The molecule has 0 spiro atoms. The first-order valence-electron chi connectivity index (χ1n) is 12.7. The van der Waals surface area contributed by atoms with Crippen molar-refractivity contribution in [3.05, 3.63) is 95.6 Å². The average Bonchev–Trinajstić information content (AvgIpc) is 3.56. The van der Waals surface area contributed by atoms with Crippen molar-refractivity contribution in [1.82, 2.24) is 24.9 Å². The molecule has 3 aromatic carbocycles. The lowest BCUT2D eigenvalue weighted by molar-refractivity contribution is -0.141. The van der Waals surface area contributed by atoms with Crippen molar-refractivity contribution in [3.63, 3.8) is 0 Å². The minimum Gasteiger partial charge on any atom is -0.404 e. The molecule has 2 aromatic heterocycles. The summed E-state index contributed by atoms with van der Waals surface area (Å²) >= 11 is 0. The molecule has 13 heteroatoms. The number of hydrogen-bond acceptors (Lipinski definition) is 7. The van der Waals surface area contributed by atoms with Crippen LogP contribution < -0.4 is 11.1 Å². The Morgan fingerprint density at radius 1 is 1.00 bits per heavy atom. The lowest BCUT2D eigenvalue weighted by atomic mass is 9.99. The highest BCUT2D eigenvalue weighted by Gasteiger charge is 2.35. The SMILES string of the molecule is CN(C)Cc1ccccc1-c1ccc(NC(=O)Cc2cc(C(F)(F)F)nn2-c2cccc(-c3nnc(N)o3)c2)c(F)c1. The Bertz CT molecular complexity index is 1740. The minimum atomic E-state index is -4.76. The molecule has 5 aromatic rings. The van der Waals surface area contributed by atoms with Gasteiger partial charge in [-0.3, -0.25) is 4.79 Å². The van der Waals surface area contributed by atoms with Crippen LogP contribution in [0.5, 0.6) is 0 Å². The average molecular weight is 580 g/mol. The summed E-state index contributed by atoms with van der Waals surface area (Å²) in [7, 11) is 3.86. The smallest absolute Gasteiger partial charge is 0.404 e. The maximum absolute atomic E-state index is 15.1. The second kappa shape index (κ2) is 11.4. The monoisotopic (exact) mass is 579 g/mol. The van der Waals surface area contributed by atoms with Gasteiger partial charge >= 0.3 is 12.2 Å². The molecule has 1 amide bonds. The van der Waals surface area contributed by atoms with E-state index in [1.54, 1.807) is 18.2 Å². The Kier molecular flexibility index (Phi) is 7.77. The molecule has 216 valence electrons. The third-order valence-electron chi connectivity index (χ3n) is 6.25. The molecule has 0 saturated carbocycles. The van der Waals surface area contributed by atoms with Gasteiger partial charge < -0.3 is 20.4 Å². The zero-order valence-corrected chi connectivity index (χ0v) is 22.5. The van der Waals surface area contributed by atoms with Crippen LogP contribution >= 0.6 is 0 Å². The van der Waals surface area contributed by atoms with Crippen LogP contribution in [0.1, 0.15) is 17.0 Å². The van der Waals surface area contributed by atoms with Crippen molar-refractivity contribution >= 4 is 17.6 Å². The molecule has 0 aliphatic heterocycles. The van der Waals surface area contributed by atoms with Crippen LogP contribution in [-0.4, -0.2) is 44.9 Å². The molecule has 3 N–H and O–H groups in total. The van der Waals surface area contributed by atoms with Gasteiger partial charge in [0.25, 0.3) is 0 Å². The Morgan fingerprint density at radius 3 is 2.48 bits per heavy atom. The molecule has 0 aliphatic carbocycles. The van der Waals surface area contributed by atoms with Crippen LogP contribution in [0, 0.1) is 5.82 Å². The van der Waals surface area contributed by atoms with E-state index < -0.39 is 30.0 Å². The van der Waals surface area contributed by atoms with E-state index in [0.717, 1.165) is 21.9 Å². The summed E-state index contributed by atoms with van der Waals surface area (Å²) in [5.41, 5.74) is 7.16. The molecular weight excluding hydrogens is 554 g/mol. The van der Waals surface area contributed by atoms with E-state index in [-0.39, 0.29) is 29.0 Å². The van der Waals surface area contributed by atoms with Crippen molar-refractivity contribution in [2.75, 3.05) is 25.1 Å². The van der Waals surface area contributed by atoms with Gasteiger partial charge in [0.1, 0.15) is 5.82 Å². The molecule has 5 rings (SSSR count). The van der Waals surface area contributed by atoms with E-state index in [0.29, 0.717) is 17.7 Å². The third kappa shape index (κ3) is 6.31. The maximum atomic E-state index is 15.1. The molecule has 9 nitrogen and oxygen atoms in total. The van der Waals surface area contributed by atoms with Crippen molar-refractivity contribution in [2.45, 2.75) is 19.1 Å². The highest BCUT2D eigenvalue weighted by Crippen LogP contribution is 2.31. The maximum Gasteiger partial charge on any atom is 0.435 e. The van der Waals surface area contributed by atoms with Gasteiger partial charge in [0.05, 0.1) is 23.5 Å². The van der Waals surface area contributed by atoms with Gasteiger partial charge in [0.2, 0.25) is 11.8 Å². The van der Waals surface area contributed by atoms with Crippen molar-refractivity contribution in [3.8, 4) is 28.3 Å². The van der Waals surface area contributed by atoms with Gasteiger partial charge in [-0.1, -0.05) is 41.5 Å². The van der Waals surface area contributed by atoms with Gasteiger partial charge in [0, 0.05) is 12.1 Å². The van der Waals surface area contributed by atoms with Crippen molar-refractivity contribution < 1.29 is 26.8 Å². The number of nitrogen functional groups attached to an aromatic ring is 1. The molecule has 0 unspecified atom stereocenters. The van der Waals surface area contributed by atoms with E-state index in [1.807, 2.05) is 43.3 Å². The summed E-state index contributed by atoms with van der Waals surface area (Å²) in [6.07, 6.45) is -5.28. The lowest BCUT2D eigenvalue weighted by Gasteiger charge is -2.15. The second-order valence-corrected chi connectivity index (χ2v) is 9.74. The van der Waals surface area contributed by atoms with Gasteiger partial charge in [0.15, 0.2) is 5.69 Å². The Morgan fingerprint density at radius 2 is 1.79 bits per heavy atom. The lowest BCUT2D eigenvalue weighted by Crippen LogP contribution is -2.17. The minimum absolute atomic E-state index is 0.0557. The van der Waals surface area contributed by atoms with E-state index in [4.69, 9.17) is 10.2 Å². The van der Waals surface area contributed by atoms with Crippen LogP contribution in [0.15, 0.2) is 77.2 Å². The zero-order valence-electron chi connectivity index (χ0n) is 22.5. The summed E-state index contributed by atoms with van der Waals surface area (Å²) in [4.78, 5) is 14.9. The molecule has 0 atom stereocenters. The third-order valence-corrected chi connectivity index (χ3v) is 6.25. The molecule has 0 radical (unpaired) electrons. The van der Waals surface area contributed by atoms with E-state index in [9.17, 15) is 18.0 Å².